The topological polar surface area (TPSA) is 67.9 Å². The Balaban J connectivity index is 2.41. The smallest absolute Gasteiger partial charge is 0.248 e. The van der Waals surface area contributed by atoms with Crippen LogP contribution in [-0.4, -0.2) is 45.1 Å². The van der Waals surface area contributed by atoms with Crippen LogP contribution in [0.5, 0.6) is 0 Å². The molecule has 0 radical (unpaired) electrons. The summed E-state index contributed by atoms with van der Waals surface area (Å²) in [7, 11) is 0.390. The number of rotatable bonds is 4. The van der Waals surface area contributed by atoms with Crippen LogP contribution < -0.4 is 4.90 Å². The molecule has 0 spiro atoms. The third-order valence-corrected chi connectivity index (χ3v) is 5.12. The molecule has 0 amide bonds. The number of nitrogens with one attached hydrogen (secondary N) is 1. The molecule has 19 heavy (non-hydrogen) atoms. The van der Waals surface area contributed by atoms with Crippen molar-refractivity contribution in [2.75, 3.05) is 27.2 Å². The molecule has 2 heterocycles. The second-order valence-corrected chi connectivity index (χ2v) is 6.86. The molecule has 6 nitrogen and oxygen atoms in total. The Kier molecular flexibility index (Phi) is 4.07. The Bertz CT molecular complexity index is 569. The predicted octanol–water partition coefficient (Wildman–Crippen LogP) is -0.117. The third-order valence-electron chi connectivity index (χ3n) is 3.06. The van der Waals surface area contributed by atoms with Crippen LogP contribution in [0.4, 0.5) is 0 Å². The highest BCUT2D eigenvalue weighted by atomic mass is 32.2. The zero-order valence-electron chi connectivity index (χ0n) is 11.5. The van der Waals surface area contributed by atoms with Gasteiger partial charge in [0.2, 0.25) is 10.0 Å². The largest absolute Gasteiger partial charge is 0.355 e. The Morgan fingerprint density at radius 1 is 1.32 bits per heavy atom. The number of aryl methyl sites for hydroxylation is 1. The lowest BCUT2D eigenvalue weighted by Crippen LogP contribution is -3.00. The number of quaternary nitrogens is 1. The summed E-state index contributed by atoms with van der Waals surface area (Å²) < 4.78 is 31.8. The van der Waals surface area contributed by atoms with Crippen molar-refractivity contribution in [2.24, 2.45) is 0 Å². The van der Waals surface area contributed by atoms with E-state index in [1.807, 2.05) is 20.3 Å². The average Bonchev–Trinajstić information content (AvgIpc) is 2.95. The maximum atomic E-state index is 12.6. The molecule has 0 aromatic carbocycles. The van der Waals surface area contributed by atoms with Crippen LogP contribution in [-0.2, 0) is 10.0 Å². The molecule has 1 aromatic rings. The molecule has 0 aliphatic carbocycles. The van der Waals surface area contributed by atoms with Crippen LogP contribution >= 0.6 is 0 Å². The average molecular weight is 286 g/mol. The van der Waals surface area contributed by atoms with Crippen LogP contribution in [0.15, 0.2) is 15.6 Å². The van der Waals surface area contributed by atoms with Crippen molar-refractivity contribution in [3.05, 3.63) is 17.7 Å². The van der Waals surface area contributed by atoms with Gasteiger partial charge in [0.15, 0.2) is 10.7 Å². The van der Waals surface area contributed by atoms with Gasteiger partial charge in [-0.2, -0.15) is 4.31 Å². The Morgan fingerprint density at radius 2 is 1.95 bits per heavy atom. The standard InChI is InChI=1S/C12H19N3O3S/c1-10-12(11(18-13-10)6-9-14(2)3)19(16,17)15-7-4-5-8-15/h6,9H,4-5,7-8H2,1-3H3/p+1. The van der Waals surface area contributed by atoms with E-state index >= 15 is 0 Å². The molecule has 0 saturated carbocycles. The zero-order valence-corrected chi connectivity index (χ0v) is 12.3. The van der Waals surface area contributed by atoms with Gasteiger partial charge in [0.25, 0.3) is 0 Å². The minimum Gasteiger partial charge on any atom is -0.355 e. The van der Waals surface area contributed by atoms with Gasteiger partial charge in [-0.1, -0.05) is 5.16 Å². The first kappa shape index (κ1) is 14.2. The molecule has 2 rings (SSSR count). The molecule has 1 saturated heterocycles. The van der Waals surface area contributed by atoms with Gasteiger partial charge in [0, 0.05) is 19.2 Å². The summed E-state index contributed by atoms with van der Waals surface area (Å²) in [5.41, 5.74) is 0.417. The molecule has 1 fully saturated rings. The summed E-state index contributed by atoms with van der Waals surface area (Å²) >= 11 is 0. The summed E-state index contributed by atoms with van der Waals surface area (Å²) in [5.74, 6) is 0.311. The second kappa shape index (κ2) is 5.44. The molecular weight excluding hydrogens is 266 g/mol. The van der Waals surface area contributed by atoms with E-state index in [4.69, 9.17) is 4.52 Å². The van der Waals surface area contributed by atoms with Crippen LogP contribution in [0.2, 0.25) is 0 Å². The van der Waals surface area contributed by atoms with E-state index in [-0.39, 0.29) is 4.90 Å². The Morgan fingerprint density at radius 3 is 2.53 bits per heavy atom. The quantitative estimate of drug-likeness (QED) is 0.838. The lowest BCUT2D eigenvalue weighted by molar-refractivity contribution is -0.800. The lowest BCUT2D eigenvalue weighted by atomic mass is 10.4. The molecule has 0 bridgehead atoms. The van der Waals surface area contributed by atoms with Gasteiger partial charge in [0.1, 0.15) is 5.69 Å². The van der Waals surface area contributed by atoms with E-state index in [2.05, 4.69) is 5.16 Å². The third kappa shape index (κ3) is 2.88. The summed E-state index contributed by atoms with van der Waals surface area (Å²) in [4.78, 5) is 1.27. The Labute approximate surface area is 113 Å². The number of hydrogen-bond donors (Lipinski definition) is 1. The molecule has 106 valence electrons. The maximum Gasteiger partial charge on any atom is 0.248 e. The summed E-state index contributed by atoms with van der Waals surface area (Å²) in [6, 6.07) is 0. The highest BCUT2D eigenvalue weighted by molar-refractivity contribution is 7.89. The molecule has 7 heteroatoms. The molecule has 0 atom stereocenters. The summed E-state index contributed by atoms with van der Waals surface area (Å²) in [6.07, 6.45) is 5.31. The number of aromatic nitrogens is 1. The first-order chi connectivity index (χ1) is 8.93. The monoisotopic (exact) mass is 286 g/mol. The van der Waals surface area contributed by atoms with Crippen molar-refractivity contribution in [1.82, 2.24) is 9.46 Å². The molecular formula is C12H20N3O3S+. The molecule has 1 N–H and O–H groups in total. The van der Waals surface area contributed by atoms with Crippen LogP contribution in [0, 0.1) is 6.92 Å². The van der Waals surface area contributed by atoms with Gasteiger partial charge >= 0.3 is 0 Å². The minimum absolute atomic E-state index is 0.201. The van der Waals surface area contributed by atoms with Gasteiger partial charge in [-0.05, 0) is 19.8 Å². The molecule has 0 unspecified atom stereocenters. The fraction of sp³-hybridized carbons (Fsp3) is 0.583. The van der Waals surface area contributed by atoms with Crippen molar-refractivity contribution in [2.45, 2.75) is 24.7 Å². The number of sulfonamides is 1. The first-order valence-electron chi connectivity index (χ1n) is 6.37. The SMILES string of the molecule is Cc1noc(C=C[NH+](C)C)c1S(=O)(=O)N1CCCC1. The van der Waals surface area contributed by atoms with E-state index in [0.29, 0.717) is 24.5 Å². The van der Waals surface area contributed by atoms with Gasteiger partial charge in [-0.25, -0.2) is 8.42 Å². The Hall–Kier alpha value is -1.18. The normalized spacial score (nSPS) is 17.9. The second-order valence-electron chi connectivity index (χ2n) is 4.98. The molecule has 1 aliphatic heterocycles. The van der Waals surface area contributed by atoms with Crippen molar-refractivity contribution >= 4 is 16.1 Å². The van der Waals surface area contributed by atoms with E-state index in [1.54, 1.807) is 13.0 Å². The van der Waals surface area contributed by atoms with Crippen molar-refractivity contribution in [1.29, 1.82) is 0 Å². The van der Waals surface area contributed by atoms with Crippen LogP contribution in [0.3, 0.4) is 0 Å². The fourth-order valence-corrected chi connectivity index (χ4v) is 3.87. The summed E-state index contributed by atoms with van der Waals surface area (Å²) in [6.45, 7) is 2.82. The van der Waals surface area contributed by atoms with Crippen LogP contribution in [0.25, 0.3) is 6.08 Å². The molecule has 1 aliphatic rings. The lowest BCUT2D eigenvalue weighted by Gasteiger charge is -2.14. The predicted molar refractivity (Wildman–Crippen MR) is 71.1 cm³/mol. The van der Waals surface area contributed by atoms with E-state index in [9.17, 15) is 8.42 Å². The van der Waals surface area contributed by atoms with Gasteiger partial charge in [-0.15, -0.1) is 0 Å². The van der Waals surface area contributed by atoms with E-state index < -0.39 is 10.0 Å². The van der Waals surface area contributed by atoms with Crippen LogP contribution in [0.1, 0.15) is 24.3 Å². The van der Waals surface area contributed by atoms with E-state index in [1.165, 1.54) is 4.31 Å². The van der Waals surface area contributed by atoms with Crippen molar-refractivity contribution in [3.8, 4) is 0 Å². The number of hydrogen-bond acceptors (Lipinski definition) is 4. The van der Waals surface area contributed by atoms with Gasteiger partial charge < -0.3 is 9.42 Å². The highest BCUT2D eigenvalue weighted by Gasteiger charge is 2.33. The maximum absolute atomic E-state index is 12.6. The highest BCUT2D eigenvalue weighted by Crippen LogP contribution is 2.27. The van der Waals surface area contributed by atoms with Gasteiger partial charge in [0.05, 0.1) is 20.3 Å². The first-order valence-corrected chi connectivity index (χ1v) is 7.81. The van der Waals surface area contributed by atoms with E-state index in [0.717, 1.165) is 17.7 Å². The summed E-state index contributed by atoms with van der Waals surface area (Å²) in [5, 5.41) is 3.79. The molecule has 1 aromatic heterocycles. The van der Waals surface area contributed by atoms with Crippen molar-refractivity contribution in [3.63, 3.8) is 0 Å². The number of nitrogens with zero attached hydrogens (tertiary/aromatic N) is 2. The minimum atomic E-state index is -3.49. The zero-order chi connectivity index (χ0) is 14.0. The van der Waals surface area contributed by atoms with Gasteiger partial charge in [-0.3, -0.25) is 0 Å². The fourth-order valence-electron chi connectivity index (χ4n) is 2.10. The van der Waals surface area contributed by atoms with Crippen molar-refractivity contribution < 1.29 is 17.8 Å².